The van der Waals surface area contributed by atoms with Crippen molar-refractivity contribution >= 4 is 44.6 Å². The average Bonchev–Trinajstić information content (AvgIpc) is 2.33. The Bertz CT molecular complexity index is 641. The molecule has 0 radical (unpaired) electrons. The number of nitrogens with zero attached hydrogens (tertiary/aromatic N) is 1. The summed E-state index contributed by atoms with van der Waals surface area (Å²) in [4.78, 5) is 4.68. The first kappa shape index (κ1) is 14.0. The minimum atomic E-state index is 0.348. The number of halogens is 1. The molecule has 1 aromatic carbocycles. The van der Waals surface area contributed by atoms with Gasteiger partial charge in [0, 0.05) is 16.4 Å². The molecule has 0 aliphatic heterocycles. The van der Waals surface area contributed by atoms with Crippen LogP contribution in [0.25, 0.3) is 0 Å². The van der Waals surface area contributed by atoms with Crippen LogP contribution in [0.3, 0.4) is 0 Å². The van der Waals surface area contributed by atoms with Gasteiger partial charge in [-0.05, 0) is 43.2 Å². The summed E-state index contributed by atoms with van der Waals surface area (Å²) in [6.45, 7) is 4.00. The number of aromatic nitrogens is 1. The molecule has 19 heavy (non-hydrogen) atoms. The smallest absolute Gasteiger partial charge is 0.140 e. The third-order valence-corrected chi connectivity index (χ3v) is 3.56. The second kappa shape index (κ2) is 5.67. The number of aryl methyl sites for hydroxylation is 2. The lowest BCUT2D eigenvalue weighted by Crippen LogP contribution is -2.15. The Morgan fingerprint density at radius 3 is 2.68 bits per heavy atom. The predicted molar refractivity (Wildman–Crippen MR) is 87.0 cm³/mol. The SMILES string of the molecule is Cc1ccc(Br)cc1Nc1nccc(C)c1C(N)=S. The highest BCUT2D eigenvalue weighted by Crippen LogP contribution is 2.26. The number of hydrogen-bond donors (Lipinski definition) is 2. The molecule has 2 rings (SSSR count). The van der Waals surface area contributed by atoms with Crippen LogP contribution >= 0.6 is 28.1 Å². The Kier molecular flexibility index (Phi) is 4.17. The lowest BCUT2D eigenvalue weighted by molar-refractivity contribution is 1.25. The summed E-state index contributed by atoms with van der Waals surface area (Å²) < 4.78 is 1.00. The molecule has 0 saturated carbocycles. The van der Waals surface area contributed by atoms with Crippen molar-refractivity contribution < 1.29 is 0 Å². The highest BCUT2D eigenvalue weighted by atomic mass is 79.9. The molecule has 1 heterocycles. The standard InChI is InChI=1S/C14H14BrN3S/c1-8-3-4-10(15)7-11(8)18-14-12(13(16)19)9(2)5-6-17-14/h3-7H,1-2H3,(H2,16,19)(H,17,18). The highest BCUT2D eigenvalue weighted by molar-refractivity contribution is 9.10. The van der Waals surface area contributed by atoms with Crippen molar-refractivity contribution in [2.75, 3.05) is 5.32 Å². The first-order valence-electron chi connectivity index (χ1n) is 5.77. The van der Waals surface area contributed by atoms with Crippen LogP contribution in [0.15, 0.2) is 34.9 Å². The third kappa shape index (κ3) is 3.11. The number of pyridine rings is 1. The predicted octanol–water partition coefficient (Wildman–Crippen LogP) is 3.84. The minimum absolute atomic E-state index is 0.348. The monoisotopic (exact) mass is 335 g/mol. The second-order valence-corrected chi connectivity index (χ2v) is 5.66. The number of rotatable bonds is 3. The normalized spacial score (nSPS) is 10.3. The van der Waals surface area contributed by atoms with E-state index in [2.05, 4.69) is 26.2 Å². The van der Waals surface area contributed by atoms with Crippen molar-refractivity contribution in [2.45, 2.75) is 13.8 Å². The number of nitrogens with one attached hydrogen (secondary N) is 1. The number of thiocarbonyl (C=S) groups is 1. The van der Waals surface area contributed by atoms with Crippen LogP contribution in [0.2, 0.25) is 0 Å². The summed E-state index contributed by atoms with van der Waals surface area (Å²) >= 11 is 8.56. The van der Waals surface area contributed by atoms with E-state index >= 15 is 0 Å². The zero-order chi connectivity index (χ0) is 14.0. The molecule has 0 amide bonds. The van der Waals surface area contributed by atoms with E-state index in [4.69, 9.17) is 18.0 Å². The fraction of sp³-hybridized carbons (Fsp3) is 0.143. The maximum Gasteiger partial charge on any atom is 0.140 e. The quantitative estimate of drug-likeness (QED) is 0.836. The lowest BCUT2D eigenvalue weighted by atomic mass is 10.1. The molecule has 0 fully saturated rings. The van der Waals surface area contributed by atoms with Crippen molar-refractivity contribution in [3.8, 4) is 0 Å². The molecule has 3 nitrogen and oxygen atoms in total. The zero-order valence-electron chi connectivity index (χ0n) is 10.7. The molecular weight excluding hydrogens is 322 g/mol. The second-order valence-electron chi connectivity index (χ2n) is 4.30. The first-order valence-corrected chi connectivity index (χ1v) is 6.97. The van der Waals surface area contributed by atoms with Gasteiger partial charge in [-0.3, -0.25) is 0 Å². The topological polar surface area (TPSA) is 50.9 Å². The third-order valence-electron chi connectivity index (χ3n) is 2.86. The molecule has 0 aliphatic carbocycles. The fourth-order valence-corrected chi connectivity index (χ4v) is 2.44. The van der Waals surface area contributed by atoms with Gasteiger partial charge in [0.25, 0.3) is 0 Å². The van der Waals surface area contributed by atoms with Crippen LogP contribution in [-0.4, -0.2) is 9.97 Å². The molecule has 0 aliphatic rings. The summed E-state index contributed by atoms with van der Waals surface area (Å²) in [6.07, 6.45) is 1.74. The maximum absolute atomic E-state index is 5.78. The van der Waals surface area contributed by atoms with E-state index in [9.17, 15) is 0 Å². The van der Waals surface area contributed by atoms with Crippen LogP contribution in [0.5, 0.6) is 0 Å². The van der Waals surface area contributed by atoms with E-state index in [1.54, 1.807) is 6.20 Å². The molecule has 0 unspecified atom stereocenters. The molecule has 0 saturated heterocycles. The average molecular weight is 336 g/mol. The summed E-state index contributed by atoms with van der Waals surface area (Å²) in [7, 11) is 0. The van der Waals surface area contributed by atoms with E-state index < -0.39 is 0 Å². The lowest BCUT2D eigenvalue weighted by Gasteiger charge is -2.14. The summed E-state index contributed by atoms with van der Waals surface area (Å²) in [5.74, 6) is 0.689. The highest BCUT2D eigenvalue weighted by Gasteiger charge is 2.11. The molecule has 2 aromatic rings. The van der Waals surface area contributed by atoms with E-state index in [1.807, 2.05) is 38.1 Å². The molecule has 98 valence electrons. The molecule has 3 N–H and O–H groups in total. The van der Waals surface area contributed by atoms with Gasteiger partial charge >= 0.3 is 0 Å². The Morgan fingerprint density at radius 1 is 1.26 bits per heavy atom. The summed E-state index contributed by atoms with van der Waals surface area (Å²) in [5.41, 5.74) is 9.68. The van der Waals surface area contributed by atoms with Crippen molar-refractivity contribution in [1.82, 2.24) is 4.98 Å². The van der Waals surface area contributed by atoms with Gasteiger partial charge in [-0.15, -0.1) is 0 Å². The van der Waals surface area contributed by atoms with Gasteiger partial charge in [-0.1, -0.05) is 34.2 Å². The first-order chi connectivity index (χ1) is 8.99. The Labute approximate surface area is 126 Å². The van der Waals surface area contributed by atoms with Gasteiger partial charge in [0.1, 0.15) is 10.8 Å². The van der Waals surface area contributed by atoms with Gasteiger partial charge < -0.3 is 11.1 Å². The largest absolute Gasteiger partial charge is 0.389 e. The molecule has 5 heteroatoms. The number of benzene rings is 1. The minimum Gasteiger partial charge on any atom is -0.389 e. The summed E-state index contributed by atoms with van der Waals surface area (Å²) in [5, 5.41) is 3.30. The van der Waals surface area contributed by atoms with E-state index in [1.165, 1.54) is 0 Å². The summed E-state index contributed by atoms with van der Waals surface area (Å²) in [6, 6.07) is 7.93. The van der Waals surface area contributed by atoms with E-state index in [0.29, 0.717) is 10.8 Å². The van der Waals surface area contributed by atoms with Crippen LogP contribution in [-0.2, 0) is 0 Å². The molecule has 0 spiro atoms. The van der Waals surface area contributed by atoms with E-state index in [0.717, 1.165) is 26.9 Å². The van der Waals surface area contributed by atoms with Crippen LogP contribution in [0.1, 0.15) is 16.7 Å². The Hall–Kier alpha value is -1.46. The molecule has 0 bridgehead atoms. The Morgan fingerprint density at radius 2 is 2.00 bits per heavy atom. The van der Waals surface area contributed by atoms with Crippen molar-refractivity contribution in [2.24, 2.45) is 5.73 Å². The van der Waals surface area contributed by atoms with Crippen LogP contribution < -0.4 is 11.1 Å². The van der Waals surface area contributed by atoms with E-state index in [-0.39, 0.29) is 0 Å². The van der Waals surface area contributed by atoms with Gasteiger partial charge in [-0.25, -0.2) is 4.98 Å². The van der Waals surface area contributed by atoms with Gasteiger partial charge in [0.05, 0.1) is 5.56 Å². The van der Waals surface area contributed by atoms with Crippen LogP contribution in [0.4, 0.5) is 11.5 Å². The van der Waals surface area contributed by atoms with Gasteiger partial charge in [0.15, 0.2) is 0 Å². The molecule has 1 aromatic heterocycles. The van der Waals surface area contributed by atoms with Crippen LogP contribution in [0, 0.1) is 13.8 Å². The Balaban J connectivity index is 2.46. The van der Waals surface area contributed by atoms with Crippen molar-refractivity contribution in [1.29, 1.82) is 0 Å². The maximum atomic E-state index is 5.78. The zero-order valence-corrected chi connectivity index (χ0v) is 13.1. The molecular formula is C14H14BrN3S. The van der Waals surface area contributed by atoms with Crippen molar-refractivity contribution in [3.63, 3.8) is 0 Å². The number of anilines is 2. The number of hydrogen-bond acceptors (Lipinski definition) is 3. The molecule has 0 atom stereocenters. The van der Waals surface area contributed by atoms with Gasteiger partial charge in [-0.2, -0.15) is 0 Å². The fourth-order valence-electron chi connectivity index (χ4n) is 1.82. The van der Waals surface area contributed by atoms with Gasteiger partial charge in [0.2, 0.25) is 0 Å². The number of nitrogens with two attached hydrogens (primary N) is 1. The van der Waals surface area contributed by atoms with Crippen molar-refractivity contribution in [3.05, 3.63) is 51.6 Å².